The number of aryl methyl sites for hydroxylation is 2. The summed E-state index contributed by atoms with van der Waals surface area (Å²) in [5, 5.41) is 14.3. The number of hydrogen-bond donors (Lipinski definition) is 2. The largest absolute Gasteiger partial charge is 0.490 e. The van der Waals surface area contributed by atoms with Crippen LogP contribution in [0.1, 0.15) is 21.8 Å². The van der Waals surface area contributed by atoms with Crippen molar-refractivity contribution in [2.24, 2.45) is 0 Å². The van der Waals surface area contributed by atoms with E-state index in [2.05, 4.69) is 27.2 Å². The van der Waals surface area contributed by atoms with Crippen LogP contribution in [0.5, 0.6) is 5.75 Å². The zero-order valence-electron chi connectivity index (χ0n) is 12.8. The normalized spacial score (nSPS) is 10.7. The Morgan fingerprint density at radius 3 is 3.00 bits per heavy atom. The summed E-state index contributed by atoms with van der Waals surface area (Å²) < 4.78 is 10.5. The number of amides is 1. The van der Waals surface area contributed by atoms with E-state index in [1.165, 1.54) is 0 Å². The van der Waals surface area contributed by atoms with Crippen molar-refractivity contribution in [1.29, 1.82) is 0 Å². The number of fused-ring (bicyclic) bond motifs is 1. The topological polar surface area (TPSA) is 93.0 Å². The van der Waals surface area contributed by atoms with Crippen molar-refractivity contribution in [3.05, 3.63) is 47.9 Å². The van der Waals surface area contributed by atoms with Gasteiger partial charge in [0.05, 0.1) is 11.2 Å². The Balaban J connectivity index is 1.90. The molecule has 0 atom stereocenters. The van der Waals surface area contributed by atoms with E-state index in [1.54, 1.807) is 19.9 Å². The van der Waals surface area contributed by atoms with Gasteiger partial charge in [-0.1, -0.05) is 17.8 Å². The zero-order chi connectivity index (χ0) is 16.4. The number of aromatic amines is 1. The third-order valence-electron chi connectivity index (χ3n) is 3.39. The highest BCUT2D eigenvalue weighted by Crippen LogP contribution is 2.26. The molecule has 0 aliphatic heterocycles. The van der Waals surface area contributed by atoms with Crippen molar-refractivity contribution in [3.8, 4) is 5.75 Å². The Labute approximate surface area is 132 Å². The molecule has 0 aliphatic rings. The fourth-order valence-electron chi connectivity index (χ4n) is 2.31. The molecule has 118 valence electrons. The van der Waals surface area contributed by atoms with Crippen LogP contribution in [0.4, 0.5) is 5.82 Å². The van der Waals surface area contributed by atoms with Gasteiger partial charge in [0.15, 0.2) is 5.82 Å². The summed E-state index contributed by atoms with van der Waals surface area (Å²) in [6.07, 6.45) is 1.67. The van der Waals surface area contributed by atoms with E-state index < -0.39 is 0 Å². The van der Waals surface area contributed by atoms with E-state index in [-0.39, 0.29) is 5.91 Å². The molecular formula is C16H16N4O3. The van der Waals surface area contributed by atoms with Gasteiger partial charge in [-0.2, -0.15) is 5.10 Å². The van der Waals surface area contributed by atoms with Gasteiger partial charge in [0.25, 0.3) is 5.91 Å². The van der Waals surface area contributed by atoms with Gasteiger partial charge in [0, 0.05) is 5.39 Å². The van der Waals surface area contributed by atoms with Crippen LogP contribution in [-0.4, -0.2) is 27.9 Å². The van der Waals surface area contributed by atoms with Gasteiger partial charge in [-0.25, -0.2) is 0 Å². The number of benzene rings is 1. The van der Waals surface area contributed by atoms with E-state index in [1.807, 2.05) is 18.2 Å². The van der Waals surface area contributed by atoms with Crippen molar-refractivity contribution in [3.63, 3.8) is 0 Å². The maximum absolute atomic E-state index is 12.4. The number of nitrogens with zero attached hydrogens (tertiary/aromatic N) is 2. The second kappa shape index (κ2) is 5.96. The molecular weight excluding hydrogens is 296 g/mol. The SMILES string of the molecule is C=CCOc1ccc2[nH]nc(NC(=O)c3c(C)noc3C)c2c1. The Morgan fingerprint density at radius 1 is 1.48 bits per heavy atom. The second-order valence-electron chi connectivity index (χ2n) is 5.03. The predicted molar refractivity (Wildman–Crippen MR) is 85.7 cm³/mol. The van der Waals surface area contributed by atoms with Crippen molar-refractivity contribution in [1.82, 2.24) is 15.4 Å². The lowest BCUT2D eigenvalue weighted by molar-refractivity contribution is 0.102. The Bertz CT molecular complexity index is 859. The van der Waals surface area contributed by atoms with Crippen molar-refractivity contribution in [2.45, 2.75) is 13.8 Å². The fraction of sp³-hybridized carbons (Fsp3) is 0.188. The molecule has 0 saturated heterocycles. The monoisotopic (exact) mass is 312 g/mol. The highest BCUT2D eigenvalue weighted by Gasteiger charge is 2.19. The lowest BCUT2D eigenvalue weighted by atomic mass is 10.2. The maximum Gasteiger partial charge on any atom is 0.262 e. The fourth-order valence-corrected chi connectivity index (χ4v) is 2.31. The molecule has 1 aromatic carbocycles. The van der Waals surface area contributed by atoms with Crippen LogP contribution in [0, 0.1) is 13.8 Å². The summed E-state index contributed by atoms with van der Waals surface area (Å²) in [4.78, 5) is 12.4. The first-order valence-corrected chi connectivity index (χ1v) is 7.06. The molecule has 3 aromatic rings. The van der Waals surface area contributed by atoms with Crippen molar-refractivity contribution >= 4 is 22.6 Å². The van der Waals surface area contributed by atoms with E-state index in [0.29, 0.717) is 35.2 Å². The third-order valence-corrected chi connectivity index (χ3v) is 3.39. The third kappa shape index (κ3) is 2.80. The molecule has 0 unspecified atom stereocenters. The molecule has 1 amide bonds. The Morgan fingerprint density at radius 2 is 2.30 bits per heavy atom. The molecule has 2 aromatic heterocycles. The number of hydrogen-bond acceptors (Lipinski definition) is 5. The van der Waals surface area contributed by atoms with Crippen LogP contribution in [0.25, 0.3) is 10.9 Å². The standard InChI is InChI=1S/C16H16N4O3/c1-4-7-22-11-5-6-13-12(8-11)15(19-18-13)17-16(21)14-9(2)20-23-10(14)3/h4-6,8H,1,7H2,2-3H3,(H2,17,18,19,21). The first-order valence-electron chi connectivity index (χ1n) is 7.06. The van der Waals surface area contributed by atoms with Gasteiger partial charge in [0.1, 0.15) is 23.7 Å². The number of anilines is 1. The molecule has 3 rings (SSSR count). The number of aromatic nitrogens is 3. The lowest BCUT2D eigenvalue weighted by Crippen LogP contribution is -2.14. The summed E-state index contributed by atoms with van der Waals surface area (Å²) in [5.41, 5.74) is 1.75. The first kappa shape index (κ1) is 14.8. The molecule has 7 nitrogen and oxygen atoms in total. The Hall–Kier alpha value is -3.09. The van der Waals surface area contributed by atoms with Crippen molar-refractivity contribution < 1.29 is 14.1 Å². The Kier molecular flexibility index (Phi) is 3.84. The number of ether oxygens (including phenoxy) is 1. The molecule has 7 heteroatoms. The average Bonchev–Trinajstić information content (AvgIpc) is 3.08. The minimum atomic E-state index is -0.313. The summed E-state index contributed by atoms with van der Waals surface area (Å²) in [6, 6.07) is 5.47. The summed E-state index contributed by atoms with van der Waals surface area (Å²) in [6.45, 7) is 7.43. The van der Waals surface area contributed by atoms with E-state index in [9.17, 15) is 4.79 Å². The van der Waals surface area contributed by atoms with Gasteiger partial charge in [0.2, 0.25) is 0 Å². The highest BCUT2D eigenvalue weighted by molar-refractivity contribution is 6.09. The van der Waals surface area contributed by atoms with Crippen LogP contribution in [0.15, 0.2) is 35.4 Å². The summed E-state index contributed by atoms with van der Waals surface area (Å²) >= 11 is 0. The van der Waals surface area contributed by atoms with Gasteiger partial charge in [-0.3, -0.25) is 9.89 Å². The number of H-pyrrole nitrogens is 1. The molecule has 2 heterocycles. The molecule has 0 spiro atoms. The van der Waals surface area contributed by atoms with E-state index >= 15 is 0 Å². The van der Waals surface area contributed by atoms with Gasteiger partial charge in [-0.15, -0.1) is 0 Å². The zero-order valence-corrected chi connectivity index (χ0v) is 12.8. The first-order chi connectivity index (χ1) is 11.1. The van der Waals surface area contributed by atoms with E-state index in [0.717, 1.165) is 10.9 Å². The van der Waals surface area contributed by atoms with E-state index in [4.69, 9.17) is 9.26 Å². The molecule has 0 bridgehead atoms. The molecule has 0 radical (unpaired) electrons. The van der Waals surface area contributed by atoms with Gasteiger partial charge < -0.3 is 14.6 Å². The van der Waals surface area contributed by atoms with Crippen LogP contribution in [-0.2, 0) is 0 Å². The minimum absolute atomic E-state index is 0.313. The molecule has 23 heavy (non-hydrogen) atoms. The number of carbonyl (C=O) groups is 1. The van der Waals surface area contributed by atoms with Crippen LogP contribution < -0.4 is 10.1 Å². The maximum atomic E-state index is 12.4. The lowest BCUT2D eigenvalue weighted by Gasteiger charge is -2.04. The average molecular weight is 312 g/mol. The van der Waals surface area contributed by atoms with Crippen LogP contribution in [0.3, 0.4) is 0 Å². The number of rotatable bonds is 5. The van der Waals surface area contributed by atoms with Crippen LogP contribution >= 0.6 is 0 Å². The molecule has 2 N–H and O–H groups in total. The van der Waals surface area contributed by atoms with Gasteiger partial charge in [-0.05, 0) is 32.0 Å². The summed E-state index contributed by atoms with van der Waals surface area (Å²) in [7, 11) is 0. The van der Waals surface area contributed by atoms with Crippen LogP contribution in [0.2, 0.25) is 0 Å². The molecule has 0 aliphatic carbocycles. The number of nitrogens with one attached hydrogen (secondary N) is 2. The highest BCUT2D eigenvalue weighted by atomic mass is 16.5. The second-order valence-corrected chi connectivity index (χ2v) is 5.03. The smallest absolute Gasteiger partial charge is 0.262 e. The minimum Gasteiger partial charge on any atom is -0.490 e. The number of carbonyl (C=O) groups excluding carboxylic acids is 1. The van der Waals surface area contributed by atoms with Gasteiger partial charge >= 0.3 is 0 Å². The van der Waals surface area contributed by atoms with Crippen molar-refractivity contribution in [2.75, 3.05) is 11.9 Å². The quantitative estimate of drug-likeness (QED) is 0.706. The predicted octanol–water partition coefficient (Wildman–Crippen LogP) is 2.98. The summed E-state index contributed by atoms with van der Waals surface area (Å²) in [5.74, 6) is 1.25. The molecule has 0 saturated carbocycles. The molecule has 0 fully saturated rings.